The zero-order chi connectivity index (χ0) is 17.1. The molecule has 24 heavy (non-hydrogen) atoms. The molecule has 7 heteroatoms. The molecule has 3 rings (SSSR count). The maximum atomic E-state index is 12.5. The van der Waals surface area contributed by atoms with Crippen LogP contribution in [0.15, 0.2) is 5.38 Å². The Labute approximate surface area is 147 Å². The first-order valence-corrected chi connectivity index (χ1v) is 9.66. The maximum Gasteiger partial charge on any atom is 0.273 e. The van der Waals surface area contributed by atoms with Gasteiger partial charge in [-0.05, 0) is 33.1 Å². The van der Waals surface area contributed by atoms with Crippen molar-refractivity contribution >= 4 is 23.2 Å². The number of amides is 2. The van der Waals surface area contributed by atoms with E-state index < -0.39 is 0 Å². The lowest BCUT2D eigenvalue weighted by molar-refractivity contribution is -0.136. The number of piperazine rings is 1. The maximum absolute atomic E-state index is 12.5. The molecular weight excluding hydrogens is 324 g/mol. The lowest BCUT2D eigenvalue weighted by Gasteiger charge is -2.37. The number of thiazole rings is 1. The number of hydrogen-bond acceptors (Lipinski definition) is 5. The Balaban J connectivity index is 1.48. The highest BCUT2D eigenvalue weighted by Gasteiger charge is 2.28. The van der Waals surface area contributed by atoms with Gasteiger partial charge in [-0.3, -0.25) is 14.5 Å². The highest BCUT2D eigenvalue weighted by molar-refractivity contribution is 7.09. The van der Waals surface area contributed by atoms with Gasteiger partial charge >= 0.3 is 0 Å². The molecule has 0 radical (unpaired) electrons. The molecule has 1 aromatic heterocycles. The lowest BCUT2D eigenvalue weighted by Crippen LogP contribution is -2.53. The number of rotatable bonds is 3. The number of nitrogens with zero attached hydrogens (tertiary/aromatic N) is 4. The molecule has 1 atom stereocenters. The van der Waals surface area contributed by atoms with Gasteiger partial charge in [-0.2, -0.15) is 0 Å². The predicted octanol–water partition coefficient (Wildman–Crippen LogP) is 1.61. The summed E-state index contributed by atoms with van der Waals surface area (Å²) in [5.74, 6) is 0.243. The molecule has 1 aromatic rings. The van der Waals surface area contributed by atoms with Crippen LogP contribution in [0.3, 0.4) is 0 Å². The zero-order valence-electron chi connectivity index (χ0n) is 14.5. The summed E-state index contributed by atoms with van der Waals surface area (Å²) in [7, 11) is 0. The van der Waals surface area contributed by atoms with Crippen LogP contribution in [0.25, 0.3) is 0 Å². The second-order valence-corrected chi connectivity index (χ2v) is 7.81. The van der Waals surface area contributed by atoms with Crippen LogP contribution in [0.2, 0.25) is 0 Å². The van der Waals surface area contributed by atoms with Gasteiger partial charge in [0.1, 0.15) is 5.69 Å². The first kappa shape index (κ1) is 17.4. The van der Waals surface area contributed by atoms with Gasteiger partial charge in [0, 0.05) is 44.1 Å². The van der Waals surface area contributed by atoms with Crippen molar-refractivity contribution in [1.29, 1.82) is 0 Å². The molecule has 0 aromatic carbocycles. The predicted molar refractivity (Wildman–Crippen MR) is 94.2 cm³/mol. The van der Waals surface area contributed by atoms with E-state index in [0.717, 1.165) is 37.5 Å². The molecule has 2 aliphatic rings. The highest BCUT2D eigenvalue weighted by atomic mass is 32.1. The van der Waals surface area contributed by atoms with Gasteiger partial charge in [-0.25, -0.2) is 4.98 Å². The number of piperidine rings is 1. The van der Waals surface area contributed by atoms with Crippen molar-refractivity contribution in [1.82, 2.24) is 19.7 Å². The Bertz CT molecular complexity index is 595. The summed E-state index contributed by atoms with van der Waals surface area (Å²) < 4.78 is 0. The summed E-state index contributed by atoms with van der Waals surface area (Å²) in [5, 5.41) is 2.74. The first-order chi connectivity index (χ1) is 11.5. The van der Waals surface area contributed by atoms with E-state index >= 15 is 0 Å². The topological polar surface area (TPSA) is 56.8 Å². The largest absolute Gasteiger partial charge is 0.339 e. The van der Waals surface area contributed by atoms with Crippen LogP contribution in [0.1, 0.15) is 41.7 Å². The van der Waals surface area contributed by atoms with E-state index in [2.05, 4.69) is 16.8 Å². The number of aromatic nitrogens is 1. The minimum Gasteiger partial charge on any atom is -0.339 e. The normalized spacial score (nSPS) is 22.7. The number of carbonyl (C=O) groups excluding carboxylic acids is 2. The van der Waals surface area contributed by atoms with Gasteiger partial charge in [-0.15, -0.1) is 11.3 Å². The number of likely N-dealkylation sites (tertiary alicyclic amines) is 1. The number of aryl methyl sites for hydroxylation is 1. The standard InChI is InChI=1S/C17H26N4O2S/c1-13-5-3-4-6-21(13)16(22)11-19-7-9-20(10-8-19)17(23)15-12-24-14(2)18-15/h12-13H,3-11H2,1-2H3. The van der Waals surface area contributed by atoms with Crippen molar-refractivity contribution in [2.24, 2.45) is 0 Å². The van der Waals surface area contributed by atoms with E-state index in [4.69, 9.17) is 0 Å². The third-order valence-corrected chi connectivity index (χ3v) is 5.75. The average Bonchev–Trinajstić information content (AvgIpc) is 3.02. The summed E-state index contributed by atoms with van der Waals surface area (Å²) in [4.78, 5) is 35.2. The Morgan fingerprint density at radius 1 is 1.21 bits per heavy atom. The minimum absolute atomic E-state index is 0.00924. The van der Waals surface area contributed by atoms with Gasteiger partial charge < -0.3 is 9.80 Å². The van der Waals surface area contributed by atoms with Gasteiger partial charge in [-0.1, -0.05) is 0 Å². The van der Waals surface area contributed by atoms with E-state index in [0.29, 0.717) is 31.4 Å². The van der Waals surface area contributed by atoms with Gasteiger partial charge in [0.2, 0.25) is 5.91 Å². The molecule has 3 heterocycles. The average molecular weight is 350 g/mol. The number of carbonyl (C=O) groups is 2. The Hall–Kier alpha value is -1.47. The van der Waals surface area contributed by atoms with Crippen molar-refractivity contribution in [3.63, 3.8) is 0 Å². The van der Waals surface area contributed by atoms with Crippen LogP contribution in [-0.2, 0) is 4.79 Å². The van der Waals surface area contributed by atoms with Crippen LogP contribution in [-0.4, -0.2) is 76.8 Å². The zero-order valence-corrected chi connectivity index (χ0v) is 15.3. The van der Waals surface area contributed by atoms with Crippen molar-refractivity contribution in [2.45, 2.75) is 39.2 Å². The molecule has 132 valence electrons. The molecule has 6 nitrogen and oxygen atoms in total. The van der Waals surface area contributed by atoms with E-state index in [9.17, 15) is 9.59 Å². The third-order valence-electron chi connectivity index (χ3n) is 4.98. The summed E-state index contributed by atoms with van der Waals surface area (Å²) in [6.45, 7) is 8.25. The molecule has 1 unspecified atom stereocenters. The Morgan fingerprint density at radius 3 is 2.58 bits per heavy atom. The van der Waals surface area contributed by atoms with Gasteiger partial charge in [0.15, 0.2) is 0 Å². The van der Waals surface area contributed by atoms with Gasteiger partial charge in [0.05, 0.1) is 11.6 Å². The minimum atomic E-state index is 0.00924. The molecule has 0 saturated carbocycles. The third kappa shape index (κ3) is 3.95. The molecular formula is C17H26N4O2S. The summed E-state index contributed by atoms with van der Waals surface area (Å²) >= 11 is 1.50. The fraction of sp³-hybridized carbons (Fsp3) is 0.706. The molecule has 2 aliphatic heterocycles. The van der Waals surface area contributed by atoms with E-state index in [-0.39, 0.29) is 11.8 Å². The highest BCUT2D eigenvalue weighted by Crippen LogP contribution is 2.17. The smallest absolute Gasteiger partial charge is 0.273 e. The van der Waals surface area contributed by atoms with Crippen LogP contribution in [0, 0.1) is 6.92 Å². The fourth-order valence-corrected chi connectivity index (χ4v) is 4.07. The number of hydrogen-bond donors (Lipinski definition) is 0. The van der Waals surface area contributed by atoms with Crippen molar-refractivity contribution in [3.05, 3.63) is 16.1 Å². The van der Waals surface area contributed by atoms with E-state index in [1.165, 1.54) is 17.8 Å². The van der Waals surface area contributed by atoms with Crippen molar-refractivity contribution < 1.29 is 9.59 Å². The monoisotopic (exact) mass is 350 g/mol. The molecule has 2 fully saturated rings. The van der Waals surface area contributed by atoms with E-state index in [1.807, 2.05) is 22.1 Å². The second kappa shape index (κ2) is 7.61. The Morgan fingerprint density at radius 2 is 1.96 bits per heavy atom. The van der Waals surface area contributed by atoms with Crippen LogP contribution < -0.4 is 0 Å². The summed E-state index contributed by atoms with van der Waals surface area (Å²) in [5.41, 5.74) is 0.546. The van der Waals surface area contributed by atoms with E-state index in [1.54, 1.807) is 0 Å². The first-order valence-electron chi connectivity index (χ1n) is 8.78. The molecule has 0 N–H and O–H groups in total. The molecule has 0 bridgehead atoms. The molecule has 0 aliphatic carbocycles. The quantitative estimate of drug-likeness (QED) is 0.831. The van der Waals surface area contributed by atoms with Gasteiger partial charge in [0.25, 0.3) is 5.91 Å². The molecule has 0 spiro atoms. The van der Waals surface area contributed by atoms with Crippen LogP contribution >= 0.6 is 11.3 Å². The van der Waals surface area contributed by atoms with Crippen molar-refractivity contribution in [2.75, 3.05) is 39.3 Å². The van der Waals surface area contributed by atoms with Crippen molar-refractivity contribution in [3.8, 4) is 0 Å². The molecule has 2 amide bonds. The fourth-order valence-electron chi connectivity index (χ4n) is 3.48. The SMILES string of the molecule is Cc1nc(C(=O)N2CCN(CC(=O)N3CCCCC3C)CC2)cs1. The van der Waals surface area contributed by atoms with Crippen LogP contribution in [0.4, 0.5) is 0 Å². The lowest BCUT2D eigenvalue weighted by atomic mass is 10.0. The summed E-state index contributed by atoms with van der Waals surface area (Å²) in [6, 6.07) is 0.363. The second-order valence-electron chi connectivity index (χ2n) is 6.75. The Kier molecular flexibility index (Phi) is 5.50. The molecule has 2 saturated heterocycles. The van der Waals surface area contributed by atoms with Crippen LogP contribution in [0.5, 0.6) is 0 Å². The summed E-state index contributed by atoms with van der Waals surface area (Å²) in [6.07, 6.45) is 3.45.